The molecule has 1 amide bonds. The Kier molecular flexibility index (Phi) is 9.30. The van der Waals surface area contributed by atoms with Crippen molar-refractivity contribution < 1.29 is 23.9 Å². The number of carbonyl (C=O) groups excluding carboxylic acids is 3. The van der Waals surface area contributed by atoms with Crippen molar-refractivity contribution in [2.75, 3.05) is 18.5 Å². The predicted octanol–water partition coefficient (Wildman–Crippen LogP) is 2.70. The van der Waals surface area contributed by atoms with Gasteiger partial charge in [0.1, 0.15) is 6.04 Å². The number of nitrogens with zero attached hydrogens (tertiary/aromatic N) is 1. The SMILES string of the molecule is CCOC(=O)CCC(NC(=O)c1ccc(NCc2ccccn2)cc1)C(=O)OCC. The molecule has 1 aromatic heterocycles. The van der Waals surface area contributed by atoms with Crippen LogP contribution in [0.25, 0.3) is 0 Å². The second-order valence-electron chi connectivity index (χ2n) is 6.37. The number of anilines is 1. The third-order valence-corrected chi connectivity index (χ3v) is 4.17. The fourth-order valence-electron chi connectivity index (χ4n) is 2.66. The van der Waals surface area contributed by atoms with Crippen molar-refractivity contribution in [3.63, 3.8) is 0 Å². The monoisotopic (exact) mass is 413 g/mol. The number of nitrogens with one attached hydrogen (secondary N) is 2. The molecule has 0 radical (unpaired) electrons. The van der Waals surface area contributed by atoms with Crippen LogP contribution in [0.15, 0.2) is 48.7 Å². The van der Waals surface area contributed by atoms with E-state index >= 15 is 0 Å². The zero-order chi connectivity index (χ0) is 21.8. The van der Waals surface area contributed by atoms with Gasteiger partial charge in [0.15, 0.2) is 0 Å². The number of rotatable bonds is 11. The van der Waals surface area contributed by atoms with Crippen LogP contribution < -0.4 is 10.6 Å². The molecule has 2 rings (SSSR count). The molecular weight excluding hydrogens is 386 g/mol. The van der Waals surface area contributed by atoms with Gasteiger partial charge in [0.2, 0.25) is 0 Å². The van der Waals surface area contributed by atoms with E-state index in [0.29, 0.717) is 12.1 Å². The molecule has 0 aliphatic heterocycles. The quantitative estimate of drug-likeness (QED) is 0.546. The Balaban J connectivity index is 1.94. The topological polar surface area (TPSA) is 107 Å². The first-order chi connectivity index (χ1) is 14.5. The van der Waals surface area contributed by atoms with Crippen LogP contribution in [0, 0.1) is 0 Å². The molecule has 0 bridgehead atoms. The number of carbonyl (C=O) groups is 3. The second-order valence-corrected chi connectivity index (χ2v) is 6.37. The van der Waals surface area contributed by atoms with Crippen molar-refractivity contribution in [1.29, 1.82) is 0 Å². The zero-order valence-corrected chi connectivity index (χ0v) is 17.2. The highest BCUT2D eigenvalue weighted by Gasteiger charge is 2.24. The number of hydrogen-bond acceptors (Lipinski definition) is 7. The summed E-state index contributed by atoms with van der Waals surface area (Å²) in [5, 5.41) is 5.87. The standard InChI is InChI=1S/C22H27N3O5/c1-3-29-20(26)13-12-19(22(28)30-4-2)25-21(27)16-8-10-17(11-9-16)24-15-18-7-5-6-14-23-18/h5-11,14,19,24H,3-4,12-13,15H2,1-2H3,(H,25,27). The third-order valence-electron chi connectivity index (χ3n) is 4.17. The normalized spacial score (nSPS) is 11.3. The summed E-state index contributed by atoms with van der Waals surface area (Å²) < 4.78 is 9.88. The minimum absolute atomic E-state index is 0.00792. The Morgan fingerprint density at radius 1 is 1.00 bits per heavy atom. The van der Waals surface area contributed by atoms with Crippen LogP contribution in [0.1, 0.15) is 42.7 Å². The van der Waals surface area contributed by atoms with Gasteiger partial charge in [-0.1, -0.05) is 6.07 Å². The van der Waals surface area contributed by atoms with Crippen molar-refractivity contribution >= 4 is 23.5 Å². The van der Waals surface area contributed by atoms with Gasteiger partial charge in [0, 0.05) is 23.9 Å². The van der Waals surface area contributed by atoms with Crippen molar-refractivity contribution in [1.82, 2.24) is 10.3 Å². The van der Waals surface area contributed by atoms with Crippen molar-refractivity contribution in [2.24, 2.45) is 0 Å². The second kappa shape index (κ2) is 12.2. The van der Waals surface area contributed by atoms with Gasteiger partial charge in [-0.25, -0.2) is 4.79 Å². The van der Waals surface area contributed by atoms with Gasteiger partial charge < -0.3 is 20.1 Å². The van der Waals surface area contributed by atoms with E-state index in [1.807, 2.05) is 18.2 Å². The number of esters is 2. The van der Waals surface area contributed by atoms with Gasteiger partial charge in [-0.15, -0.1) is 0 Å². The fourth-order valence-corrected chi connectivity index (χ4v) is 2.66. The molecule has 0 fully saturated rings. The molecule has 2 aromatic rings. The summed E-state index contributed by atoms with van der Waals surface area (Å²) in [5.41, 5.74) is 2.13. The predicted molar refractivity (Wildman–Crippen MR) is 112 cm³/mol. The summed E-state index contributed by atoms with van der Waals surface area (Å²) in [5.74, 6) is -1.43. The van der Waals surface area contributed by atoms with Crippen LogP contribution in [-0.2, 0) is 25.6 Å². The third kappa shape index (κ3) is 7.54. The first-order valence-corrected chi connectivity index (χ1v) is 9.90. The Hall–Kier alpha value is -3.42. The van der Waals surface area contributed by atoms with E-state index in [0.717, 1.165) is 11.4 Å². The molecule has 160 valence electrons. The molecule has 8 nitrogen and oxygen atoms in total. The maximum absolute atomic E-state index is 12.6. The number of amides is 1. The maximum atomic E-state index is 12.6. The molecule has 0 spiro atoms. The highest BCUT2D eigenvalue weighted by Crippen LogP contribution is 2.12. The smallest absolute Gasteiger partial charge is 0.328 e. The molecule has 0 saturated carbocycles. The number of pyridine rings is 1. The van der Waals surface area contributed by atoms with Gasteiger partial charge in [0.25, 0.3) is 5.91 Å². The number of aromatic nitrogens is 1. The zero-order valence-electron chi connectivity index (χ0n) is 17.2. The maximum Gasteiger partial charge on any atom is 0.328 e. The lowest BCUT2D eigenvalue weighted by Gasteiger charge is -2.17. The Morgan fingerprint density at radius 2 is 1.73 bits per heavy atom. The first-order valence-electron chi connectivity index (χ1n) is 9.90. The van der Waals surface area contributed by atoms with Crippen molar-refractivity contribution in [3.05, 3.63) is 59.9 Å². The first kappa shape index (κ1) is 22.9. The lowest BCUT2D eigenvalue weighted by atomic mass is 10.1. The van der Waals surface area contributed by atoms with Crippen molar-refractivity contribution in [2.45, 2.75) is 39.3 Å². The molecular formula is C22H27N3O5. The molecule has 1 aromatic carbocycles. The van der Waals surface area contributed by atoms with E-state index in [1.165, 1.54) is 0 Å². The molecule has 1 unspecified atom stereocenters. The van der Waals surface area contributed by atoms with Crippen LogP contribution in [-0.4, -0.2) is 42.1 Å². The van der Waals surface area contributed by atoms with Crippen LogP contribution in [0.4, 0.5) is 5.69 Å². The van der Waals surface area contributed by atoms with Gasteiger partial charge >= 0.3 is 11.9 Å². The summed E-state index contributed by atoms with van der Waals surface area (Å²) in [4.78, 5) is 40.5. The number of ether oxygens (including phenoxy) is 2. The molecule has 30 heavy (non-hydrogen) atoms. The number of hydrogen-bond donors (Lipinski definition) is 2. The van der Waals surface area contributed by atoms with E-state index < -0.39 is 23.9 Å². The average molecular weight is 413 g/mol. The number of benzene rings is 1. The largest absolute Gasteiger partial charge is 0.466 e. The minimum atomic E-state index is -0.927. The van der Waals surface area contributed by atoms with E-state index in [1.54, 1.807) is 44.3 Å². The molecule has 1 atom stereocenters. The van der Waals surface area contributed by atoms with Gasteiger partial charge in [0.05, 0.1) is 25.5 Å². The summed E-state index contributed by atoms with van der Waals surface area (Å²) in [7, 11) is 0. The molecule has 0 aliphatic rings. The van der Waals surface area contributed by atoms with E-state index in [2.05, 4.69) is 15.6 Å². The van der Waals surface area contributed by atoms with E-state index in [9.17, 15) is 14.4 Å². The van der Waals surface area contributed by atoms with Crippen LogP contribution in [0.5, 0.6) is 0 Å². The summed E-state index contributed by atoms with van der Waals surface area (Å²) >= 11 is 0. The lowest BCUT2D eigenvalue weighted by molar-refractivity contribution is -0.146. The van der Waals surface area contributed by atoms with Crippen LogP contribution in [0.3, 0.4) is 0 Å². The molecule has 0 aliphatic carbocycles. The summed E-state index contributed by atoms with van der Waals surface area (Å²) in [6.07, 6.45) is 1.84. The Bertz CT molecular complexity index is 824. The molecule has 8 heteroatoms. The Morgan fingerprint density at radius 3 is 2.37 bits per heavy atom. The van der Waals surface area contributed by atoms with Gasteiger partial charge in [-0.2, -0.15) is 0 Å². The van der Waals surface area contributed by atoms with Crippen LogP contribution >= 0.6 is 0 Å². The molecule has 0 saturated heterocycles. The molecule has 1 heterocycles. The van der Waals surface area contributed by atoms with E-state index in [-0.39, 0.29) is 26.1 Å². The Labute approximate surface area is 176 Å². The van der Waals surface area contributed by atoms with Crippen molar-refractivity contribution in [3.8, 4) is 0 Å². The van der Waals surface area contributed by atoms with Gasteiger partial charge in [-0.3, -0.25) is 14.6 Å². The van der Waals surface area contributed by atoms with E-state index in [4.69, 9.17) is 9.47 Å². The fraction of sp³-hybridized carbons (Fsp3) is 0.364. The van der Waals surface area contributed by atoms with Crippen LogP contribution in [0.2, 0.25) is 0 Å². The average Bonchev–Trinajstić information content (AvgIpc) is 2.76. The highest BCUT2D eigenvalue weighted by molar-refractivity contribution is 5.97. The molecule has 2 N–H and O–H groups in total. The minimum Gasteiger partial charge on any atom is -0.466 e. The summed E-state index contributed by atoms with van der Waals surface area (Å²) in [6, 6.07) is 11.6. The highest BCUT2D eigenvalue weighted by atomic mass is 16.5. The lowest BCUT2D eigenvalue weighted by Crippen LogP contribution is -2.42. The van der Waals surface area contributed by atoms with Gasteiger partial charge in [-0.05, 0) is 56.7 Å². The summed E-state index contributed by atoms with van der Waals surface area (Å²) in [6.45, 7) is 4.39.